The van der Waals surface area contributed by atoms with Crippen LogP contribution in [0.5, 0.6) is 0 Å². The second kappa shape index (κ2) is 10.7. The predicted octanol–water partition coefficient (Wildman–Crippen LogP) is 3.41. The van der Waals surface area contributed by atoms with Gasteiger partial charge in [0.1, 0.15) is 5.02 Å². The number of hydrogen-bond donors (Lipinski definition) is 4. The first-order valence-electron chi connectivity index (χ1n) is 12.2. The van der Waals surface area contributed by atoms with Crippen LogP contribution in [0.25, 0.3) is 0 Å². The number of benzene rings is 1. The fraction of sp³-hybridized carbons (Fsp3) is 0.417. The topological polar surface area (TPSA) is 155 Å². The average molecular weight is 545 g/mol. The van der Waals surface area contributed by atoms with Gasteiger partial charge in [-0.2, -0.15) is 17.7 Å². The van der Waals surface area contributed by atoms with E-state index in [9.17, 15) is 13.2 Å². The van der Waals surface area contributed by atoms with Crippen LogP contribution in [0.3, 0.4) is 0 Å². The lowest BCUT2D eigenvalue weighted by Gasteiger charge is -2.29. The minimum Gasteiger partial charge on any atom is -0.339 e. The van der Waals surface area contributed by atoms with Crippen LogP contribution < -0.4 is 21.1 Å². The largest absolute Gasteiger partial charge is 0.339 e. The first-order chi connectivity index (χ1) is 17.7. The Balaban J connectivity index is 1.33. The lowest BCUT2D eigenvalue weighted by Crippen LogP contribution is -2.42. The van der Waals surface area contributed by atoms with Crippen LogP contribution in [0.2, 0.25) is 5.02 Å². The molecular weight excluding hydrogens is 516 g/mol. The summed E-state index contributed by atoms with van der Waals surface area (Å²) in [6, 6.07) is 5.75. The molecule has 1 atom stereocenters. The molecule has 37 heavy (non-hydrogen) atoms. The number of allylic oxidation sites excluding steroid dienone is 1. The van der Waals surface area contributed by atoms with E-state index in [0.717, 1.165) is 41.9 Å². The Hall–Kier alpha value is -3.06. The molecule has 2 aromatic rings. The van der Waals surface area contributed by atoms with Crippen molar-refractivity contribution in [2.24, 2.45) is 22.0 Å². The highest BCUT2D eigenvalue weighted by molar-refractivity contribution is 7.86. The Bertz CT molecular complexity index is 1360. The lowest BCUT2D eigenvalue weighted by atomic mass is 9.93. The SMILES string of the molecule is NS(=O)(=O)N1CCC(CC(=O)Nc2ccc3cc2CCC2C=NC=C(C2)Nc2ncc(Cl)c(n2)N3)CC1. The van der Waals surface area contributed by atoms with E-state index in [1.165, 1.54) is 4.31 Å². The van der Waals surface area contributed by atoms with Crippen LogP contribution in [-0.4, -0.2) is 47.9 Å². The quantitative estimate of drug-likeness (QED) is 0.459. The zero-order valence-corrected chi connectivity index (χ0v) is 21.7. The van der Waals surface area contributed by atoms with Gasteiger partial charge in [-0.15, -0.1) is 0 Å². The molecule has 5 rings (SSSR count). The molecule has 1 fully saturated rings. The van der Waals surface area contributed by atoms with Gasteiger partial charge in [-0.05, 0) is 61.8 Å². The maximum Gasteiger partial charge on any atom is 0.276 e. The van der Waals surface area contributed by atoms with E-state index in [1.807, 2.05) is 24.4 Å². The number of aryl methyl sites for hydroxylation is 1. The molecule has 6 bridgehead atoms. The highest BCUT2D eigenvalue weighted by atomic mass is 35.5. The molecule has 0 aliphatic carbocycles. The molecular formula is C24H29ClN8O3S. The minimum absolute atomic E-state index is 0.0916. The van der Waals surface area contributed by atoms with Crippen molar-refractivity contribution >= 4 is 57.1 Å². The summed E-state index contributed by atoms with van der Waals surface area (Å²) in [4.78, 5) is 26.1. The Labute approximate surface area is 220 Å². The summed E-state index contributed by atoms with van der Waals surface area (Å²) in [5, 5.41) is 15.2. The molecule has 0 spiro atoms. The molecule has 13 heteroatoms. The number of aliphatic imine (C=N–C) groups is 1. The summed E-state index contributed by atoms with van der Waals surface area (Å²) in [7, 11) is -3.68. The van der Waals surface area contributed by atoms with Crippen molar-refractivity contribution in [3.63, 3.8) is 0 Å². The normalized spacial score (nSPS) is 20.4. The fourth-order valence-electron chi connectivity index (χ4n) is 4.87. The van der Waals surface area contributed by atoms with Crippen molar-refractivity contribution in [2.75, 3.05) is 29.0 Å². The van der Waals surface area contributed by atoms with E-state index in [2.05, 4.69) is 30.9 Å². The van der Waals surface area contributed by atoms with Gasteiger partial charge >= 0.3 is 0 Å². The van der Waals surface area contributed by atoms with Gasteiger partial charge in [0.15, 0.2) is 5.82 Å². The second-order valence-corrected chi connectivity index (χ2v) is 11.6. The smallest absolute Gasteiger partial charge is 0.276 e. The number of piperidine rings is 1. The molecule has 0 radical (unpaired) electrons. The molecule has 3 aliphatic rings. The number of rotatable bonds is 4. The summed E-state index contributed by atoms with van der Waals surface area (Å²) in [6.45, 7) is 0.674. The Morgan fingerprint density at radius 1 is 1.22 bits per heavy atom. The van der Waals surface area contributed by atoms with E-state index >= 15 is 0 Å². The highest BCUT2D eigenvalue weighted by Gasteiger charge is 2.27. The van der Waals surface area contributed by atoms with Gasteiger partial charge in [-0.25, -0.2) is 10.1 Å². The van der Waals surface area contributed by atoms with Crippen molar-refractivity contribution in [1.82, 2.24) is 14.3 Å². The van der Waals surface area contributed by atoms with Crippen molar-refractivity contribution in [3.8, 4) is 0 Å². The number of halogens is 1. The monoisotopic (exact) mass is 544 g/mol. The maximum absolute atomic E-state index is 12.9. The second-order valence-electron chi connectivity index (χ2n) is 9.61. The van der Waals surface area contributed by atoms with E-state index < -0.39 is 10.2 Å². The summed E-state index contributed by atoms with van der Waals surface area (Å²) < 4.78 is 24.3. The fourth-order valence-corrected chi connectivity index (χ4v) is 5.73. The van der Waals surface area contributed by atoms with E-state index in [-0.39, 0.29) is 17.7 Å². The van der Waals surface area contributed by atoms with Crippen molar-refractivity contribution in [3.05, 3.63) is 46.9 Å². The molecule has 1 aromatic heterocycles. The number of hydrogen-bond acceptors (Lipinski definition) is 8. The number of nitrogens with zero attached hydrogens (tertiary/aromatic N) is 4. The number of aromatic nitrogens is 2. The standard InChI is InChI=1S/C24H29ClN8O3S/c25-20-14-28-24-30-19-9-16(12-27-13-19)1-2-17-11-18(29-23(20)32-24)3-4-21(17)31-22(34)10-15-5-7-33(8-6-15)37(26,35)36/h3-4,11-16H,1-2,5-10H2,(H,31,34)(H2,26,35,36)(H2,28,29,30,32). The number of fused-ring (bicyclic) bond motifs is 6. The van der Waals surface area contributed by atoms with Crippen LogP contribution >= 0.6 is 11.6 Å². The molecule has 3 aliphatic heterocycles. The summed E-state index contributed by atoms with van der Waals surface area (Å²) in [6.07, 6.45) is 9.17. The number of nitrogens with one attached hydrogen (secondary N) is 3. The molecule has 1 unspecified atom stereocenters. The van der Waals surface area contributed by atoms with Crippen molar-refractivity contribution < 1.29 is 13.2 Å². The summed E-state index contributed by atoms with van der Waals surface area (Å²) >= 11 is 6.34. The summed E-state index contributed by atoms with van der Waals surface area (Å²) in [5.74, 6) is 1.15. The zero-order valence-electron chi connectivity index (χ0n) is 20.2. The first kappa shape index (κ1) is 25.6. The number of carbonyl (C=O) groups excluding carboxylic acids is 1. The minimum atomic E-state index is -3.68. The Morgan fingerprint density at radius 3 is 2.81 bits per heavy atom. The van der Waals surface area contributed by atoms with Gasteiger partial charge in [0, 0.05) is 54.9 Å². The molecule has 1 amide bonds. The van der Waals surface area contributed by atoms with Crippen molar-refractivity contribution in [2.45, 2.75) is 38.5 Å². The van der Waals surface area contributed by atoms with E-state index in [0.29, 0.717) is 49.1 Å². The van der Waals surface area contributed by atoms with Crippen molar-refractivity contribution in [1.29, 1.82) is 0 Å². The third kappa shape index (κ3) is 6.45. The maximum atomic E-state index is 12.9. The third-order valence-electron chi connectivity index (χ3n) is 6.86. The third-order valence-corrected chi connectivity index (χ3v) is 8.22. The Morgan fingerprint density at radius 2 is 2.03 bits per heavy atom. The van der Waals surface area contributed by atoms with E-state index in [1.54, 1.807) is 12.4 Å². The zero-order chi connectivity index (χ0) is 26.0. The van der Waals surface area contributed by atoms with E-state index in [4.69, 9.17) is 16.7 Å². The van der Waals surface area contributed by atoms with Gasteiger partial charge in [-0.1, -0.05) is 11.6 Å². The van der Waals surface area contributed by atoms with Gasteiger partial charge in [0.25, 0.3) is 10.2 Å². The first-order valence-corrected chi connectivity index (χ1v) is 14.1. The Kier molecular flexibility index (Phi) is 7.43. The van der Waals surface area contributed by atoms with Crippen LogP contribution in [0, 0.1) is 11.8 Å². The number of carbonyl (C=O) groups is 1. The molecule has 4 heterocycles. The molecule has 11 nitrogen and oxygen atoms in total. The van der Waals surface area contributed by atoms with Crippen LogP contribution in [-0.2, 0) is 21.4 Å². The molecule has 1 saturated heterocycles. The average Bonchev–Trinajstić information content (AvgIpc) is 2.86. The van der Waals surface area contributed by atoms with Gasteiger partial charge < -0.3 is 16.0 Å². The van der Waals surface area contributed by atoms with Gasteiger partial charge in [0.05, 0.1) is 6.20 Å². The lowest BCUT2D eigenvalue weighted by molar-refractivity contribution is -0.117. The number of anilines is 4. The predicted molar refractivity (Wildman–Crippen MR) is 144 cm³/mol. The van der Waals surface area contributed by atoms with Crippen LogP contribution in [0.4, 0.5) is 23.1 Å². The van der Waals surface area contributed by atoms with Gasteiger partial charge in [-0.3, -0.25) is 9.79 Å². The number of nitrogens with two attached hydrogens (primary N) is 1. The summed E-state index contributed by atoms with van der Waals surface area (Å²) in [5.41, 5.74) is 3.46. The molecule has 196 valence electrons. The van der Waals surface area contributed by atoms with Gasteiger partial charge in [0.2, 0.25) is 11.9 Å². The molecule has 5 N–H and O–H groups in total. The van der Waals surface area contributed by atoms with Crippen LogP contribution in [0.1, 0.15) is 37.7 Å². The van der Waals surface area contributed by atoms with Crippen LogP contribution in [0.15, 0.2) is 41.3 Å². The number of amides is 1. The highest BCUT2D eigenvalue weighted by Crippen LogP contribution is 2.31. The molecule has 1 aromatic carbocycles. The molecule has 0 saturated carbocycles.